The van der Waals surface area contributed by atoms with Crippen molar-refractivity contribution in [1.82, 2.24) is 9.88 Å². The molecule has 6 heteroatoms. The van der Waals surface area contributed by atoms with Crippen molar-refractivity contribution in [2.45, 2.75) is 33.6 Å². The number of aromatic nitrogens is 1. The first kappa shape index (κ1) is 18.3. The smallest absolute Gasteiger partial charge is 0.256 e. The molecule has 0 amide bonds. The van der Waals surface area contributed by atoms with Crippen molar-refractivity contribution in [2.75, 3.05) is 27.3 Å². The summed E-state index contributed by atoms with van der Waals surface area (Å²) in [5, 5.41) is 0. The van der Waals surface area contributed by atoms with Crippen LogP contribution in [-0.2, 0) is 0 Å². The van der Waals surface area contributed by atoms with Gasteiger partial charge in [-0.2, -0.15) is 0 Å². The molecule has 1 aromatic rings. The monoisotopic (exact) mass is 305 g/mol. The van der Waals surface area contributed by atoms with Crippen molar-refractivity contribution in [1.29, 1.82) is 0 Å². The molecule has 0 aliphatic heterocycles. The lowest BCUT2D eigenvalue weighted by Crippen LogP contribution is -2.16. The molecular weight excluding hydrogens is 277 g/mol. The largest absolute Gasteiger partial charge is 0.491 e. The number of nitrogens with zero attached hydrogens (tertiary/aromatic N) is 3. The summed E-state index contributed by atoms with van der Waals surface area (Å²) in [4.78, 5) is 10.9. The van der Waals surface area contributed by atoms with Gasteiger partial charge in [0.2, 0.25) is 0 Å². The van der Waals surface area contributed by atoms with Crippen molar-refractivity contribution in [3.8, 4) is 11.6 Å². The molecular formula is C16H28BN3O2. The fourth-order valence-electron chi connectivity index (χ4n) is 1.84. The minimum absolute atomic E-state index is 0.548. The van der Waals surface area contributed by atoms with Crippen molar-refractivity contribution in [3.63, 3.8) is 0 Å². The van der Waals surface area contributed by atoms with E-state index in [1.165, 1.54) is 0 Å². The number of hydrogen-bond donors (Lipinski definition) is 0. The number of hydrogen-bond acceptors (Lipinski definition) is 4. The molecule has 0 aliphatic carbocycles. The predicted octanol–water partition coefficient (Wildman–Crippen LogP) is 1.78. The molecule has 0 saturated carbocycles. The fraction of sp³-hybridized carbons (Fsp3) is 0.625. The molecule has 1 rings (SSSR count). The molecule has 0 fully saturated rings. The highest BCUT2D eigenvalue weighted by Gasteiger charge is 2.10. The van der Waals surface area contributed by atoms with E-state index in [1.54, 1.807) is 13.4 Å². The average molecular weight is 305 g/mol. The van der Waals surface area contributed by atoms with Crippen molar-refractivity contribution < 1.29 is 9.47 Å². The Labute approximate surface area is 135 Å². The Balaban J connectivity index is 2.79. The average Bonchev–Trinajstić information content (AvgIpc) is 2.49. The second-order valence-electron chi connectivity index (χ2n) is 5.80. The second-order valence-corrected chi connectivity index (χ2v) is 5.80. The standard InChI is InChI=1S/C16H28BN3O2/c1-6-20(4)11-18-13-10-14(21-5)16(19-15(13)17)22-9-7-8-12(2)3/h10-12H,6-9,17H2,1-5H3/b18-11+. The lowest BCUT2D eigenvalue weighted by atomic mass is 10.0. The Bertz CT molecular complexity index is 493. The van der Waals surface area contributed by atoms with Gasteiger partial charge in [-0.15, -0.1) is 0 Å². The molecule has 122 valence electrons. The first-order valence-corrected chi connectivity index (χ1v) is 7.90. The van der Waals surface area contributed by atoms with Gasteiger partial charge in [0.25, 0.3) is 5.88 Å². The molecule has 0 atom stereocenters. The summed E-state index contributed by atoms with van der Waals surface area (Å²) >= 11 is 0. The van der Waals surface area contributed by atoms with Crippen molar-refractivity contribution >= 4 is 25.5 Å². The third kappa shape index (κ3) is 5.96. The molecule has 0 bridgehead atoms. The maximum absolute atomic E-state index is 5.76. The highest BCUT2D eigenvalue weighted by molar-refractivity contribution is 6.34. The third-order valence-electron chi connectivity index (χ3n) is 3.40. The summed E-state index contributed by atoms with van der Waals surface area (Å²) in [5.41, 5.74) is 1.63. The van der Waals surface area contributed by atoms with Gasteiger partial charge in [-0.3, -0.25) is 0 Å². The van der Waals surface area contributed by atoms with E-state index in [0.29, 0.717) is 24.2 Å². The number of aliphatic imine (C=N–C) groups is 1. The van der Waals surface area contributed by atoms with Gasteiger partial charge in [-0.05, 0) is 25.7 Å². The Morgan fingerprint density at radius 3 is 2.77 bits per heavy atom. The van der Waals surface area contributed by atoms with Gasteiger partial charge >= 0.3 is 0 Å². The van der Waals surface area contributed by atoms with Crippen LogP contribution in [0.15, 0.2) is 11.1 Å². The lowest BCUT2D eigenvalue weighted by molar-refractivity contribution is 0.270. The number of methoxy groups -OCH3 is 1. The summed E-state index contributed by atoms with van der Waals surface area (Å²) in [6.45, 7) is 8.06. The SMILES string of the molecule is Bc1nc(OCCCC(C)C)c(OC)cc1/N=C/N(C)CC. The molecule has 5 nitrogen and oxygen atoms in total. The van der Waals surface area contributed by atoms with Crippen LogP contribution in [0, 0.1) is 5.92 Å². The van der Waals surface area contributed by atoms with E-state index >= 15 is 0 Å². The van der Waals surface area contributed by atoms with E-state index in [-0.39, 0.29) is 0 Å². The van der Waals surface area contributed by atoms with Crippen LogP contribution < -0.4 is 15.1 Å². The van der Waals surface area contributed by atoms with Gasteiger partial charge in [0, 0.05) is 25.3 Å². The highest BCUT2D eigenvalue weighted by atomic mass is 16.5. The molecule has 0 aromatic carbocycles. The quantitative estimate of drug-likeness (QED) is 0.302. The highest BCUT2D eigenvalue weighted by Crippen LogP contribution is 2.27. The first-order chi connectivity index (χ1) is 10.5. The maximum atomic E-state index is 5.76. The van der Waals surface area contributed by atoms with Crippen molar-refractivity contribution in [3.05, 3.63) is 6.07 Å². The van der Waals surface area contributed by atoms with Gasteiger partial charge in [0.05, 0.1) is 25.7 Å². The minimum Gasteiger partial charge on any atom is -0.491 e. The van der Waals surface area contributed by atoms with Crippen LogP contribution in [0.2, 0.25) is 0 Å². The van der Waals surface area contributed by atoms with E-state index in [9.17, 15) is 0 Å². The third-order valence-corrected chi connectivity index (χ3v) is 3.40. The van der Waals surface area contributed by atoms with E-state index in [4.69, 9.17) is 9.47 Å². The van der Waals surface area contributed by atoms with E-state index < -0.39 is 0 Å². The second kappa shape index (κ2) is 9.33. The molecule has 0 N–H and O–H groups in total. The summed E-state index contributed by atoms with van der Waals surface area (Å²) in [6.07, 6.45) is 3.96. The fourth-order valence-corrected chi connectivity index (χ4v) is 1.84. The van der Waals surface area contributed by atoms with E-state index in [1.807, 2.05) is 25.9 Å². The molecule has 0 radical (unpaired) electrons. The van der Waals surface area contributed by atoms with Crippen LogP contribution in [0.4, 0.5) is 5.69 Å². The zero-order chi connectivity index (χ0) is 16.5. The maximum Gasteiger partial charge on any atom is 0.256 e. The van der Waals surface area contributed by atoms with Crippen LogP contribution in [0.5, 0.6) is 11.6 Å². The zero-order valence-electron chi connectivity index (χ0n) is 14.7. The topological polar surface area (TPSA) is 47.0 Å². The van der Waals surface area contributed by atoms with Gasteiger partial charge in [-0.1, -0.05) is 13.8 Å². The lowest BCUT2D eigenvalue weighted by Gasteiger charge is -2.13. The molecule has 0 unspecified atom stereocenters. The summed E-state index contributed by atoms with van der Waals surface area (Å²) < 4.78 is 11.1. The van der Waals surface area contributed by atoms with Gasteiger partial charge in [0.15, 0.2) is 13.6 Å². The van der Waals surface area contributed by atoms with Crippen molar-refractivity contribution in [2.24, 2.45) is 10.9 Å². The molecule has 22 heavy (non-hydrogen) atoms. The Kier molecular flexibility index (Phi) is 7.78. The summed E-state index contributed by atoms with van der Waals surface area (Å²) in [7, 11) is 5.54. The van der Waals surface area contributed by atoms with Gasteiger partial charge < -0.3 is 14.4 Å². The molecule has 1 aromatic heterocycles. The molecule has 0 spiro atoms. The summed E-state index contributed by atoms with van der Waals surface area (Å²) in [6, 6.07) is 1.88. The molecule has 1 heterocycles. The van der Waals surface area contributed by atoms with Crippen LogP contribution in [-0.4, -0.2) is 51.4 Å². The van der Waals surface area contributed by atoms with E-state index in [0.717, 1.165) is 30.7 Å². The normalized spacial score (nSPS) is 11.2. The Morgan fingerprint density at radius 1 is 1.45 bits per heavy atom. The Hall–Kier alpha value is -1.72. The predicted molar refractivity (Wildman–Crippen MR) is 95.0 cm³/mol. The van der Waals surface area contributed by atoms with Gasteiger partial charge in [-0.25, -0.2) is 9.98 Å². The Morgan fingerprint density at radius 2 is 2.18 bits per heavy atom. The van der Waals surface area contributed by atoms with Crippen LogP contribution >= 0.6 is 0 Å². The minimum atomic E-state index is 0.548. The number of rotatable bonds is 9. The molecule has 0 aliphatic rings. The number of ether oxygens (including phenoxy) is 2. The molecule has 0 saturated heterocycles. The van der Waals surface area contributed by atoms with E-state index in [2.05, 4.69) is 30.7 Å². The number of pyridine rings is 1. The van der Waals surface area contributed by atoms with Crippen LogP contribution in [0.3, 0.4) is 0 Å². The van der Waals surface area contributed by atoms with Crippen LogP contribution in [0.1, 0.15) is 33.6 Å². The van der Waals surface area contributed by atoms with Crippen LogP contribution in [0.25, 0.3) is 0 Å². The summed E-state index contributed by atoms with van der Waals surface area (Å²) in [5.74, 6) is 1.86. The van der Waals surface area contributed by atoms with Gasteiger partial charge in [0.1, 0.15) is 0 Å². The first-order valence-electron chi connectivity index (χ1n) is 7.90. The zero-order valence-corrected chi connectivity index (χ0v) is 14.7.